The molecule has 0 aromatic heterocycles. The molecule has 2 aromatic rings. The number of rotatable bonds is 5. The molecule has 1 aliphatic rings. The Kier molecular flexibility index (Phi) is 6.07. The van der Waals surface area contributed by atoms with E-state index in [2.05, 4.69) is 16.0 Å². The van der Waals surface area contributed by atoms with Gasteiger partial charge in [0, 0.05) is 0 Å². The van der Waals surface area contributed by atoms with Crippen LogP contribution in [0.25, 0.3) is 0 Å². The summed E-state index contributed by atoms with van der Waals surface area (Å²) in [6.45, 7) is 1.65. The van der Waals surface area contributed by atoms with E-state index in [-0.39, 0.29) is 12.3 Å². The molecule has 0 saturated carbocycles. The van der Waals surface area contributed by atoms with Gasteiger partial charge < -0.3 is 15.4 Å². The average Bonchev–Trinajstić information content (AvgIpc) is 2.67. The molecule has 1 fully saturated rings. The Morgan fingerprint density at radius 2 is 1.79 bits per heavy atom. The van der Waals surface area contributed by atoms with E-state index < -0.39 is 36.1 Å². The van der Waals surface area contributed by atoms with Crippen molar-refractivity contribution in [3.05, 3.63) is 65.7 Å². The van der Waals surface area contributed by atoms with Gasteiger partial charge in [0.25, 0.3) is 0 Å². The van der Waals surface area contributed by atoms with E-state index in [1.165, 1.54) is 12.1 Å². The standard InChI is InChI=1S/C20H20F3N3O3/c1-12(13-7-9-14(10-8-13)20(21,22)23)24-18(28)16-11-17(27)26-19(25-16)29-15-5-3-2-4-6-15/h2-10,12,16,19,25H,11H2,1H3,(H,24,28)(H,26,27)/t12-,16?,19?/m1/s1. The fourth-order valence-electron chi connectivity index (χ4n) is 2.90. The molecule has 2 amide bonds. The summed E-state index contributed by atoms with van der Waals surface area (Å²) < 4.78 is 43.6. The molecule has 3 N–H and O–H groups in total. The minimum atomic E-state index is -4.42. The zero-order chi connectivity index (χ0) is 21.0. The van der Waals surface area contributed by atoms with E-state index in [0.717, 1.165) is 12.1 Å². The van der Waals surface area contributed by atoms with Crippen molar-refractivity contribution in [3.63, 3.8) is 0 Å². The monoisotopic (exact) mass is 407 g/mol. The highest BCUT2D eigenvalue weighted by Gasteiger charge is 2.33. The fraction of sp³-hybridized carbons (Fsp3) is 0.300. The molecule has 29 heavy (non-hydrogen) atoms. The zero-order valence-corrected chi connectivity index (χ0v) is 15.5. The molecule has 6 nitrogen and oxygen atoms in total. The van der Waals surface area contributed by atoms with Crippen molar-refractivity contribution in [3.8, 4) is 5.75 Å². The molecule has 2 unspecified atom stereocenters. The maximum atomic E-state index is 12.7. The van der Waals surface area contributed by atoms with Gasteiger partial charge in [-0.3, -0.25) is 14.9 Å². The summed E-state index contributed by atoms with van der Waals surface area (Å²) in [6, 6.07) is 12.0. The molecule has 1 saturated heterocycles. The third-order valence-corrected chi connectivity index (χ3v) is 4.44. The second-order valence-corrected chi connectivity index (χ2v) is 6.65. The van der Waals surface area contributed by atoms with Crippen LogP contribution in [0.4, 0.5) is 13.2 Å². The second kappa shape index (κ2) is 8.52. The van der Waals surface area contributed by atoms with E-state index in [1.54, 1.807) is 31.2 Å². The topological polar surface area (TPSA) is 79.5 Å². The van der Waals surface area contributed by atoms with Crippen molar-refractivity contribution in [2.45, 2.75) is 38.0 Å². The van der Waals surface area contributed by atoms with Crippen LogP contribution in [-0.2, 0) is 15.8 Å². The smallest absolute Gasteiger partial charge is 0.416 e. The van der Waals surface area contributed by atoms with Gasteiger partial charge in [0.05, 0.1) is 24.1 Å². The van der Waals surface area contributed by atoms with E-state index in [4.69, 9.17) is 4.74 Å². The Morgan fingerprint density at radius 1 is 1.14 bits per heavy atom. The van der Waals surface area contributed by atoms with Gasteiger partial charge in [-0.05, 0) is 36.8 Å². The van der Waals surface area contributed by atoms with Gasteiger partial charge in [0.1, 0.15) is 5.75 Å². The molecule has 9 heteroatoms. The summed E-state index contributed by atoms with van der Waals surface area (Å²) in [5, 5.41) is 8.21. The first-order chi connectivity index (χ1) is 13.7. The van der Waals surface area contributed by atoms with E-state index in [1.807, 2.05) is 6.07 Å². The molecule has 0 spiro atoms. The van der Waals surface area contributed by atoms with Gasteiger partial charge >= 0.3 is 6.18 Å². The van der Waals surface area contributed by atoms with Gasteiger partial charge in [0.15, 0.2) is 0 Å². The normalized spacial score (nSPS) is 20.5. The Morgan fingerprint density at radius 3 is 2.41 bits per heavy atom. The number of hydrogen-bond donors (Lipinski definition) is 3. The molecule has 3 rings (SSSR count). The van der Waals surface area contributed by atoms with Crippen LogP contribution in [0, 0.1) is 0 Å². The summed E-state index contributed by atoms with van der Waals surface area (Å²) in [7, 11) is 0. The van der Waals surface area contributed by atoms with Crippen molar-refractivity contribution in [1.82, 2.24) is 16.0 Å². The number of amides is 2. The number of carbonyl (C=O) groups is 2. The van der Waals surface area contributed by atoms with Gasteiger partial charge in [-0.2, -0.15) is 13.2 Å². The summed E-state index contributed by atoms with van der Waals surface area (Å²) in [5.74, 6) is -0.287. The predicted octanol–water partition coefficient (Wildman–Crippen LogP) is 2.72. The molecule has 0 bridgehead atoms. The largest absolute Gasteiger partial charge is 0.457 e. The molecule has 2 aromatic carbocycles. The predicted molar refractivity (Wildman–Crippen MR) is 98.5 cm³/mol. The highest BCUT2D eigenvalue weighted by Crippen LogP contribution is 2.29. The van der Waals surface area contributed by atoms with Crippen LogP contribution in [0.15, 0.2) is 54.6 Å². The van der Waals surface area contributed by atoms with E-state index in [9.17, 15) is 22.8 Å². The van der Waals surface area contributed by atoms with E-state index >= 15 is 0 Å². The molecule has 1 heterocycles. The number of benzene rings is 2. The van der Waals surface area contributed by atoms with E-state index in [0.29, 0.717) is 11.3 Å². The minimum absolute atomic E-state index is 0.0831. The lowest BCUT2D eigenvalue weighted by Crippen LogP contribution is -2.62. The molecule has 154 valence electrons. The first kappa shape index (κ1) is 20.7. The summed E-state index contributed by atoms with van der Waals surface area (Å²) in [5.41, 5.74) is -0.241. The average molecular weight is 407 g/mol. The van der Waals surface area contributed by atoms with Crippen molar-refractivity contribution in [1.29, 1.82) is 0 Å². The number of hydrogen-bond acceptors (Lipinski definition) is 4. The number of nitrogens with one attached hydrogen (secondary N) is 3. The number of halogens is 3. The minimum Gasteiger partial charge on any atom is -0.457 e. The van der Waals surface area contributed by atoms with Gasteiger partial charge in [-0.15, -0.1) is 0 Å². The molecular weight excluding hydrogens is 387 g/mol. The Bertz CT molecular complexity index is 857. The first-order valence-corrected chi connectivity index (χ1v) is 8.97. The van der Waals surface area contributed by atoms with Crippen molar-refractivity contribution < 1.29 is 27.5 Å². The van der Waals surface area contributed by atoms with Crippen molar-refractivity contribution >= 4 is 11.8 Å². The zero-order valence-electron chi connectivity index (χ0n) is 15.5. The van der Waals surface area contributed by atoms with Crippen LogP contribution in [0.2, 0.25) is 0 Å². The van der Waals surface area contributed by atoms with Crippen molar-refractivity contribution in [2.24, 2.45) is 0 Å². The third-order valence-electron chi connectivity index (χ3n) is 4.44. The lowest BCUT2D eigenvalue weighted by Gasteiger charge is -2.31. The van der Waals surface area contributed by atoms with Crippen molar-refractivity contribution in [2.75, 3.05) is 0 Å². The quantitative estimate of drug-likeness (QED) is 0.712. The summed E-state index contributed by atoms with van der Waals surface area (Å²) in [6.07, 6.45) is -5.38. The number of para-hydroxylation sites is 1. The Hall–Kier alpha value is -3.07. The second-order valence-electron chi connectivity index (χ2n) is 6.65. The molecule has 3 atom stereocenters. The van der Waals surface area contributed by atoms with Gasteiger partial charge in [0.2, 0.25) is 18.2 Å². The summed E-state index contributed by atoms with van der Waals surface area (Å²) in [4.78, 5) is 24.5. The molecule has 1 aliphatic heterocycles. The highest BCUT2D eigenvalue weighted by molar-refractivity contribution is 5.89. The maximum Gasteiger partial charge on any atom is 0.416 e. The first-order valence-electron chi connectivity index (χ1n) is 8.97. The van der Waals surface area contributed by atoms with Crippen LogP contribution >= 0.6 is 0 Å². The molecular formula is C20H20F3N3O3. The Balaban J connectivity index is 1.60. The van der Waals surface area contributed by atoms with Crippen LogP contribution < -0.4 is 20.7 Å². The van der Waals surface area contributed by atoms with Crippen LogP contribution in [0.3, 0.4) is 0 Å². The summed E-state index contributed by atoms with van der Waals surface area (Å²) >= 11 is 0. The third kappa shape index (κ3) is 5.47. The Labute approximate surface area is 165 Å². The maximum absolute atomic E-state index is 12.7. The molecule has 0 aliphatic carbocycles. The fourth-order valence-corrected chi connectivity index (χ4v) is 2.90. The lowest BCUT2D eigenvalue weighted by molar-refractivity contribution is -0.137. The highest BCUT2D eigenvalue weighted by atomic mass is 19.4. The number of carbonyl (C=O) groups excluding carboxylic acids is 2. The van der Waals surface area contributed by atoms with Crippen LogP contribution in [0.1, 0.15) is 30.5 Å². The lowest BCUT2D eigenvalue weighted by atomic mass is 10.0. The molecule has 0 radical (unpaired) electrons. The van der Waals surface area contributed by atoms with Crippen LogP contribution in [0.5, 0.6) is 5.75 Å². The number of alkyl halides is 3. The van der Waals surface area contributed by atoms with Gasteiger partial charge in [-0.25, -0.2) is 0 Å². The number of ether oxygens (including phenoxy) is 1. The van der Waals surface area contributed by atoms with Gasteiger partial charge in [-0.1, -0.05) is 30.3 Å². The SMILES string of the molecule is C[C@@H](NC(=O)C1CC(=O)NC(Oc2ccccc2)N1)c1ccc(C(F)(F)F)cc1. The van der Waals surface area contributed by atoms with Crippen LogP contribution in [-0.4, -0.2) is 24.2 Å².